The third-order valence-electron chi connectivity index (χ3n) is 9.64. The van der Waals surface area contributed by atoms with Crippen LogP contribution >= 0.6 is 0 Å². The van der Waals surface area contributed by atoms with Gasteiger partial charge in [0, 0.05) is 10.4 Å². The average Bonchev–Trinajstić information content (AvgIpc) is 3.01. The van der Waals surface area contributed by atoms with Gasteiger partial charge in [0.05, 0.1) is 54.5 Å². The Morgan fingerprint density at radius 3 is 0.694 bits per heavy atom. The number of hydrogen-bond acceptors (Lipinski definition) is 6. The Bertz CT molecular complexity index is 680. The summed E-state index contributed by atoms with van der Waals surface area (Å²) in [5.41, 5.74) is 0. The number of aliphatic hydroxyl groups is 2. The van der Waals surface area contributed by atoms with E-state index in [2.05, 4.69) is 42.0 Å². The SMILES string of the molecule is CCCCCCCCCCCCCCCC[N+](C)(C)CCO.CCCCCCCCCCCCCCCC[N+](C)(C)CCO.O=S(=O)([O-])[O-]. The zero-order valence-electron chi connectivity index (χ0n) is 33.9. The molecule has 0 bridgehead atoms. The second-order valence-electron chi connectivity index (χ2n) is 15.8. The van der Waals surface area contributed by atoms with Gasteiger partial charge in [-0.05, 0) is 25.7 Å². The summed E-state index contributed by atoms with van der Waals surface area (Å²) in [7, 11) is 3.72. The molecule has 9 heteroatoms. The number of unbranched alkanes of at least 4 members (excludes halogenated alkanes) is 26. The van der Waals surface area contributed by atoms with Crippen LogP contribution in [0.3, 0.4) is 0 Å². The first kappa shape index (κ1) is 53.1. The molecule has 0 saturated heterocycles. The lowest BCUT2D eigenvalue weighted by Crippen LogP contribution is -2.42. The Morgan fingerprint density at radius 2 is 0.531 bits per heavy atom. The van der Waals surface area contributed by atoms with E-state index in [-0.39, 0.29) is 0 Å². The molecule has 0 atom stereocenters. The number of likely N-dealkylation sites (N-methyl/N-ethyl adjacent to an activating group) is 2. The predicted octanol–water partition coefficient (Wildman–Crippen LogP) is 9.73. The van der Waals surface area contributed by atoms with Gasteiger partial charge in [-0.1, -0.05) is 168 Å². The van der Waals surface area contributed by atoms with E-state index < -0.39 is 10.4 Å². The average molecular weight is 725 g/mol. The Kier molecular flexibility index (Phi) is 42.2. The van der Waals surface area contributed by atoms with E-state index in [4.69, 9.17) is 27.7 Å². The van der Waals surface area contributed by atoms with Crippen LogP contribution in [0.4, 0.5) is 0 Å². The lowest BCUT2D eigenvalue weighted by Gasteiger charge is -2.28. The third kappa shape index (κ3) is 57.3. The number of rotatable bonds is 34. The topological polar surface area (TPSA) is 121 Å². The van der Waals surface area contributed by atoms with Gasteiger partial charge in [-0.25, -0.2) is 0 Å². The summed E-state index contributed by atoms with van der Waals surface area (Å²) in [5.74, 6) is 0. The van der Waals surface area contributed by atoms with Crippen LogP contribution in [0.5, 0.6) is 0 Å². The van der Waals surface area contributed by atoms with Gasteiger partial charge in [-0.3, -0.25) is 8.42 Å². The molecule has 300 valence electrons. The molecule has 0 aromatic carbocycles. The molecule has 0 rings (SSSR count). The van der Waals surface area contributed by atoms with Gasteiger partial charge < -0.3 is 28.3 Å². The van der Waals surface area contributed by atoms with Crippen molar-refractivity contribution in [3.63, 3.8) is 0 Å². The van der Waals surface area contributed by atoms with Crippen LogP contribution in [0.1, 0.15) is 194 Å². The smallest absolute Gasteiger partial charge is 0.102 e. The molecule has 0 heterocycles. The second-order valence-corrected chi connectivity index (χ2v) is 16.6. The fourth-order valence-corrected chi connectivity index (χ4v) is 6.23. The van der Waals surface area contributed by atoms with E-state index in [1.165, 1.54) is 193 Å². The summed E-state index contributed by atoms with van der Waals surface area (Å²) in [6, 6.07) is 0. The minimum Gasteiger partial charge on any atom is -0.759 e. The molecule has 0 fully saturated rings. The molecule has 0 aliphatic rings. The standard InChI is InChI=1S/2C20H44NO.H2O4S/c2*1-4-5-6-7-8-9-10-11-12-13-14-15-16-17-18-21(2,3)19-20-22;1-5(2,3)4/h2*22H,4-20H2,1-3H3;(H2,1,2,3,4)/q2*+1;/p-2. The summed E-state index contributed by atoms with van der Waals surface area (Å²) in [6.07, 6.45) is 39.8. The molecule has 0 saturated carbocycles. The molecular formula is C40H88N2O6S. The van der Waals surface area contributed by atoms with Crippen molar-refractivity contribution < 1.29 is 36.7 Å². The second kappa shape index (κ2) is 38.9. The minimum atomic E-state index is -5.17. The number of nitrogens with zero attached hydrogens (tertiary/aromatic N) is 2. The van der Waals surface area contributed by atoms with Gasteiger partial charge in [-0.15, -0.1) is 0 Å². The Hall–Kier alpha value is -0.290. The number of aliphatic hydroxyl groups excluding tert-OH is 2. The van der Waals surface area contributed by atoms with E-state index in [1.54, 1.807) is 0 Å². The highest BCUT2D eigenvalue weighted by molar-refractivity contribution is 7.79. The van der Waals surface area contributed by atoms with Gasteiger partial charge in [-0.2, -0.15) is 0 Å². The summed E-state index contributed by atoms with van der Waals surface area (Å²) >= 11 is 0. The Labute approximate surface area is 307 Å². The van der Waals surface area contributed by atoms with Gasteiger partial charge in [0.1, 0.15) is 13.1 Å². The fourth-order valence-electron chi connectivity index (χ4n) is 6.23. The van der Waals surface area contributed by atoms with Crippen molar-refractivity contribution in [2.45, 2.75) is 194 Å². The number of hydrogen-bond donors (Lipinski definition) is 2. The predicted molar refractivity (Wildman–Crippen MR) is 209 cm³/mol. The lowest BCUT2D eigenvalue weighted by molar-refractivity contribution is -0.890. The van der Waals surface area contributed by atoms with Crippen LogP contribution in [0.15, 0.2) is 0 Å². The van der Waals surface area contributed by atoms with E-state index >= 15 is 0 Å². The van der Waals surface area contributed by atoms with Crippen molar-refractivity contribution in [3.8, 4) is 0 Å². The van der Waals surface area contributed by atoms with Crippen LogP contribution in [0.2, 0.25) is 0 Å². The lowest BCUT2D eigenvalue weighted by atomic mass is 10.0. The largest absolute Gasteiger partial charge is 0.759 e. The molecule has 0 aliphatic carbocycles. The number of quaternary nitrogens is 2. The van der Waals surface area contributed by atoms with Crippen LogP contribution in [-0.4, -0.2) is 104 Å². The van der Waals surface area contributed by atoms with Crippen molar-refractivity contribution >= 4 is 10.4 Å². The monoisotopic (exact) mass is 725 g/mol. The fraction of sp³-hybridized carbons (Fsp3) is 1.00. The van der Waals surface area contributed by atoms with Gasteiger partial charge in [0.25, 0.3) is 0 Å². The first-order valence-electron chi connectivity index (χ1n) is 20.8. The van der Waals surface area contributed by atoms with Crippen LogP contribution < -0.4 is 0 Å². The normalized spacial score (nSPS) is 12.0. The van der Waals surface area contributed by atoms with Crippen LogP contribution in [0, 0.1) is 0 Å². The van der Waals surface area contributed by atoms with Crippen molar-refractivity contribution in [2.24, 2.45) is 0 Å². The van der Waals surface area contributed by atoms with Gasteiger partial charge >= 0.3 is 0 Å². The Balaban J connectivity index is -0.000000757. The zero-order chi connectivity index (χ0) is 37.5. The van der Waals surface area contributed by atoms with E-state index in [9.17, 15) is 0 Å². The molecule has 0 aromatic heterocycles. The first-order chi connectivity index (χ1) is 23.2. The molecule has 49 heavy (non-hydrogen) atoms. The van der Waals surface area contributed by atoms with Gasteiger partial charge in [0.2, 0.25) is 0 Å². The highest BCUT2D eigenvalue weighted by Crippen LogP contribution is 2.15. The third-order valence-corrected chi connectivity index (χ3v) is 9.64. The Morgan fingerprint density at radius 1 is 0.367 bits per heavy atom. The minimum absolute atomic E-state index is 0.311. The van der Waals surface area contributed by atoms with Crippen LogP contribution in [0.25, 0.3) is 0 Å². The van der Waals surface area contributed by atoms with Crippen molar-refractivity contribution in [2.75, 3.05) is 67.6 Å². The quantitative estimate of drug-likeness (QED) is 0.0295. The van der Waals surface area contributed by atoms with E-state index in [0.29, 0.717) is 13.2 Å². The summed E-state index contributed by atoms with van der Waals surface area (Å²) in [5, 5.41) is 18.0. The maximum atomic E-state index is 9.00. The van der Waals surface area contributed by atoms with E-state index in [0.717, 1.165) is 22.1 Å². The molecule has 0 aromatic rings. The first-order valence-corrected chi connectivity index (χ1v) is 22.1. The molecule has 8 nitrogen and oxygen atoms in total. The molecule has 0 radical (unpaired) electrons. The maximum absolute atomic E-state index is 9.00. The molecule has 2 N–H and O–H groups in total. The van der Waals surface area contributed by atoms with Gasteiger partial charge in [0.15, 0.2) is 0 Å². The summed E-state index contributed by atoms with van der Waals surface area (Å²) in [4.78, 5) is 0. The van der Waals surface area contributed by atoms with Crippen LogP contribution in [-0.2, 0) is 10.4 Å². The van der Waals surface area contributed by atoms with Crippen molar-refractivity contribution in [3.05, 3.63) is 0 Å². The van der Waals surface area contributed by atoms with Crippen molar-refractivity contribution in [1.82, 2.24) is 0 Å². The molecule has 0 amide bonds. The summed E-state index contributed by atoms with van der Waals surface area (Å²) in [6.45, 7) is 9.38. The van der Waals surface area contributed by atoms with Crippen molar-refractivity contribution in [1.29, 1.82) is 0 Å². The van der Waals surface area contributed by atoms with E-state index in [1.807, 2.05) is 0 Å². The highest BCUT2D eigenvalue weighted by atomic mass is 32.3. The highest BCUT2D eigenvalue weighted by Gasteiger charge is 2.13. The zero-order valence-corrected chi connectivity index (χ0v) is 34.7. The molecule has 0 aliphatic heterocycles. The molecular weight excluding hydrogens is 637 g/mol. The maximum Gasteiger partial charge on any atom is 0.102 e. The molecule has 0 spiro atoms. The summed E-state index contributed by atoms with van der Waals surface area (Å²) < 4.78 is 36.0. The molecule has 0 unspecified atom stereocenters.